The molecule has 0 spiro atoms. The Bertz CT molecular complexity index is 2470. The van der Waals surface area contributed by atoms with Crippen LogP contribution in [0.4, 0.5) is 0 Å². The molecule has 0 saturated heterocycles. The predicted octanol–water partition coefficient (Wildman–Crippen LogP) is 15.7. The van der Waals surface area contributed by atoms with E-state index >= 15 is 0 Å². The third-order valence-corrected chi connectivity index (χ3v) is 21.5. The first-order chi connectivity index (χ1) is 25.3. The number of thiophene rings is 3. The molecule has 240 valence electrons. The monoisotopic (exact) mass is 810 g/mol. The number of fused-ring (bicyclic) bond motifs is 15. The highest BCUT2D eigenvalue weighted by Gasteiger charge is 2.46. The Morgan fingerprint density at radius 1 is 0.275 bits per heavy atom. The molecular weight excluding hydrogens is 793 g/mol. The first-order valence-electron chi connectivity index (χ1n) is 16.4. The van der Waals surface area contributed by atoms with Gasteiger partial charge in [0.2, 0.25) is 0 Å². The molecule has 9 heteroatoms. The minimum absolute atomic E-state index is 1.37. The zero-order chi connectivity index (χ0) is 32.9. The van der Waals surface area contributed by atoms with Crippen LogP contribution < -0.4 is 0 Å². The maximum atomic E-state index is 2.40. The fourth-order valence-electron chi connectivity index (χ4n) is 8.33. The van der Waals surface area contributed by atoms with E-state index in [1.54, 1.807) is 0 Å². The second kappa shape index (κ2) is 10.9. The Hall–Kier alpha value is -2.70. The average molecular weight is 811 g/mol. The molecule has 3 aromatic heterocycles. The van der Waals surface area contributed by atoms with Crippen LogP contribution in [0.3, 0.4) is 0 Å². The zero-order valence-corrected chi connectivity index (χ0v) is 33.4. The van der Waals surface area contributed by atoms with E-state index in [-0.39, 0.29) is 0 Å². The molecule has 0 radical (unpaired) electrons. The molecule has 7 aromatic rings. The number of rotatable bonds is 0. The molecule has 6 aliphatic rings. The summed E-state index contributed by atoms with van der Waals surface area (Å²) in [5, 5.41) is 6.72. The van der Waals surface area contributed by atoms with Gasteiger partial charge in [0, 0.05) is 48.1 Å². The van der Waals surface area contributed by atoms with Gasteiger partial charge in [0.05, 0.1) is 25.3 Å². The van der Waals surface area contributed by atoms with Gasteiger partial charge in [-0.25, -0.2) is 0 Å². The fourth-order valence-corrected chi connectivity index (χ4v) is 20.2. The van der Waals surface area contributed by atoms with Gasteiger partial charge in [0.25, 0.3) is 0 Å². The Balaban J connectivity index is 1.23. The van der Waals surface area contributed by atoms with Crippen molar-refractivity contribution in [3.63, 3.8) is 0 Å². The maximum Gasteiger partial charge on any atom is 0.0791 e. The van der Waals surface area contributed by atoms with Crippen molar-refractivity contribution in [3.8, 4) is 33.4 Å². The summed E-state index contributed by atoms with van der Waals surface area (Å²) < 4.78 is 8.48. The van der Waals surface area contributed by atoms with E-state index in [0.29, 0.717) is 0 Å². The Morgan fingerprint density at radius 3 is 0.863 bits per heavy atom. The molecule has 3 aliphatic heterocycles. The van der Waals surface area contributed by atoms with Crippen molar-refractivity contribution in [1.29, 1.82) is 0 Å². The van der Waals surface area contributed by atoms with E-state index in [0.717, 1.165) is 0 Å². The fraction of sp³-hybridized carbons (Fsp3) is 0. The molecule has 0 saturated carbocycles. The summed E-state index contributed by atoms with van der Waals surface area (Å²) in [6.45, 7) is 0. The molecule has 0 N–H and O–H groups in total. The molecule has 3 aliphatic carbocycles. The van der Waals surface area contributed by atoms with Gasteiger partial charge in [-0.05, 0) is 84.4 Å². The quantitative estimate of drug-likeness (QED) is 0.149. The summed E-state index contributed by atoms with van der Waals surface area (Å²) in [4.78, 5) is 4.18. The standard InChI is InChI=1S/C42H18S9/c1-4-10-22-19(7-1)28-34(31(22)40-46-25-13-16-43-37(25)49-40)29-21-9-3-6-12-24(21)33(42-48-27-15-18-45-39(27)51-42)36(29)30-20-8-2-5-11-23(20)32(35(28)30)41-47-26-14-17-44-38(26)50-41/h1-18H. The molecule has 0 nitrogen and oxygen atoms in total. The van der Waals surface area contributed by atoms with Crippen LogP contribution in [0.5, 0.6) is 0 Å². The van der Waals surface area contributed by atoms with Crippen LogP contribution >= 0.6 is 105 Å². The molecule has 0 amide bonds. The number of hydrogen-bond donors (Lipinski definition) is 0. The van der Waals surface area contributed by atoms with Gasteiger partial charge in [-0.1, -0.05) is 143 Å². The van der Waals surface area contributed by atoms with Crippen LogP contribution in [-0.2, 0) is 0 Å². The summed E-state index contributed by atoms with van der Waals surface area (Å²) in [6, 6.07) is 34.7. The SMILES string of the molecule is c1ccc2c(c1)C(=C1Sc3ccsc3S1)c1c-2c2c(c3c1-c1ccccc1C3=C1Sc3ccsc3S1)-c1ccccc1C2=C1Sc2ccsc2S1. The molecule has 0 fully saturated rings. The average Bonchev–Trinajstić information content (AvgIpc) is 3.98. The third kappa shape index (κ3) is 3.97. The first kappa shape index (κ1) is 29.7. The predicted molar refractivity (Wildman–Crippen MR) is 229 cm³/mol. The summed E-state index contributed by atoms with van der Waals surface area (Å²) >= 11 is 17.4. The summed E-state index contributed by atoms with van der Waals surface area (Å²) in [7, 11) is 0. The lowest BCUT2D eigenvalue weighted by Crippen LogP contribution is -1.98. The van der Waals surface area contributed by atoms with Crippen LogP contribution in [0.25, 0.3) is 50.1 Å². The van der Waals surface area contributed by atoms with Gasteiger partial charge < -0.3 is 0 Å². The van der Waals surface area contributed by atoms with Gasteiger partial charge in [0.15, 0.2) is 0 Å². The Morgan fingerprint density at radius 2 is 0.569 bits per heavy atom. The van der Waals surface area contributed by atoms with E-state index in [4.69, 9.17) is 0 Å². The smallest absolute Gasteiger partial charge is 0.0791 e. The van der Waals surface area contributed by atoms with E-state index in [1.807, 2.05) is 105 Å². The van der Waals surface area contributed by atoms with Crippen LogP contribution in [0.2, 0.25) is 0 Å². The minimum atomic E-state index is 1.37. The molecule has 0 unspecified atom stereocenters. The Kier molecular flexibility index (Phi) is 6.37. The summed E-state index contributed by atoms with van der Waals surface area (Å²) in [6.07, 6.45) is 0. The molecule has 51 heavy (non-hydrogen) atoms. The Labute approximate surface area is 332 Å². The van der Waals surface area contributed by atoms with Crippen molar-refractivity contribution in [2.75, 3.05) is 0 Å². The van der Waals surface area contributed by atoms with E-state index in [1.165, 1.54) is 124 Å². The van der Waals surface area contributed by atoms with E-state index in [9.17, 15) is 0 Å². The van der Waals surface area contributed by atoms with E-state index < -0.39 is 0 Å². The van der Waals surface area contributed by atoms with Crippen LogP contribution in [0.15, 0.2) is 147 Å². The van der Waals surface area contributed by atoms with Crippen molar-refractivity contribution in [1.82, 2.24) is 0 Å². The summed E-state index contributed by atoms with van der Waals surface area (Å²) in [5.41, 5.74) is 21.0. The lowest BCUT2D eigenvalue weighted by Gasteiger charge is -2.20. The van der Waals surface area contributed by atoms with Crippen LogP contribution in [-0.4, -0.2) is 0 Å². The highest BCUT2D eigenvalue weighted by molar-refractivity contribution is 8.26. The van der Waals surface area contributed by atoms with Gasteiger partial charge in [0.1, 0.15) is 0 Å². The normalized spacial score (nSPS) is 20.9. The van der Waals surface area contributed by atoms with Gasteiger partial charge in [-0.15, -0.1) is 34.0 Å². The molecule has 6 heterocycles. The molecular formula is C42H18S9. The van der Waals surface area contributed by atoms with Gasteiger partial charge in [-0.3, -0.25) is 0 Å². The number of thioether (sulfide) groups is 6. The maximum absolute atomic E-state index is 2.40. The van der Waals surface area contributed by atoms with Crippen LogP contribution in [0, 0.1) is 0 Å². The molecule has 0 bridgehead atoms. The highest BCUT2D eigenvalue weighted by atomic mass is 32.2. The molecule has 4 aromatic carbocycles. The molecule has 13 rings (SSSR count). The summed E-state index contributed by atoms with van der Waals surface area (Å²) in [5.74, 6) is 0. The largest absolute Gasteiger partial charge is 0.136 e. The second-order valence-corrected chi connectivity index (χ2v) is 23.2. The topological polar surface area (TPSA) is 0 Å². The number of hydrogen-bond acceptors (Lipinski definition) is 9. The third-order valence-electron chi connectivity index (χ3n) is 10.2. The lowest BCUT2D eigenvalue weighted by molar-refractivity contribution is 1.43. The van der Waals surface area contributed by atoms with Crippen molar-refractivity contribution in [2.24, 2.45) is 0 Å². The van der Waals surface area contributed by atoms with Crippen molar-refractivity contribution >= 4 is 121 Å². The van der Waals surface area contributed by atoms with E-state index in [2.05, 4.69) is 107 Å². The van der Waals surface area contributed by atoms with Gasteiger partial charge in [-0.2, -0.15) is 0 Å². The van der Waals surface area contributed by atoms with Crippen LogP contribution in [0.1, 0.15) is 33.4 Å². The van der Waals surface area contributed by atoms with Crippen molar-refractivity contribution < 1.29 is 0 Å². The first-order valence-corrected chi connectivity index (χ1v) is 23.9. The minimum Gasteiger partial charge on any atom is -0.136 e. The van der Waals surface area contributed by atoms with Crippen molar-refractivity contribution in [3.05, 3.63) is 153 Å². The zero-order valence-electron chi connectivity index (χ0n) is 26.1. The second-order valence-electron chi connectivity index (χ2n) is 12.7. The van der Waals surface area contributed by atoms with Gasteiger partial charge >= 0.3 is 0 Å². The lowest BCUT2D eigenvalue weighted by atomic mass is 9.84. The number of benzene rings is 4. The van der Waals surface area contributed by atoms with Crippen molar-refractivity contribution in [2.45, 2.75) is 27.3 Å². The molecule has 0 atom stereocenters. The highest BCUT2D eigenvalue weighted by Crippen LogP contribution is 2.70.